The van der Waals surface area contributed by atoms with Crippen LogP contribution in [0.5, 0.6) is 5.75 Å². The van der Waals surface area contributed by atoms with Gasteiger partial charge in [-0.1, -0.05) is 6.42 Å². The molecule has 0 bridgehead atoms. The minimum Gasteiger partial charge on any atom is -0.406 e. The summed E-state index contributed by atoms with van der Waals surface area (Å²) in [5.41, 5.74) is 0.825. The summed E-state index contributed by atoms with van der Waals surface area (Å²) in [6.07, 6.45) is -0.865. The van der Waals surface area contributed by atoms with Gasteiger partial charge in [0.2, 0.25) is 0 Å². The first-order valence-corrected chi connectivity index (χ1v) is 5.62. The van der Waals surface area contributed by atoms with Gasteiger partial charge in [-0.15, -0.1) is 13.2 Å². The van der Waals surface area contributed by atoms with E-state index in [-0.39, 0.29) is 5.75 Å². The van der Waals surface area contributed by atoms with Gasteiger partial charge in [-0.3, -0.25) is 0 Å². The zero-order chi connectivity index (χ0) is 12.3. The van der Waals surface area contributed by atoms with E-state index in [9.17, 15) is 13.2 Å². The highest BCUT2D eigenvalue weighted by Crippen LogP contribution is 2.27. The highest BCUT2D eigenvalue weighted by atomic mass is 19.4. The van der Waals surface area contributed by atoms with Gasteiger partial charge >= 0.3 is 6.36 Å². The van der Waals surface area contributed by atoms with Crippen molar-refractivity contribution in [1.29, 1.82) is 0 Å². The summed E-state index contributed by atoms with van der Waals surface area (Å²) in [5, 5.41) is 3.20. The number of hydrogen-bond acceptors (Lipinski definition) is 2. The van der Waals surface area contributed by atoms with E-state index in [1.807, 2.05) is 0 Å². The zero-order valence-electron chi connectivity index (χ0n) is 9.26. The van der Waals surface area contributed by atoms with Crippen LogP contribution in [0, 0.1) is 5.92 Å². The maximum Gasteiger partial charge on any atom is 0.573 e. The highest BCUT2D eigenvalue weighted by Gasteiger charge is 2.30. The lowest BCUT2D eigenvalue weighted by Crippen LogP contribution is -2.20. The van der Waals surface area contributed by atoms with Crippen LogP contribution >= 0.6 is 0 Å². The van der Waals surface area contributed by atoms with Crippen molar-refractivity contribution in [3.63, 3.8) is 0 Å². The normalized spacial score (nSPS) is 16.4. The van der Waals surface area contributed by atoms with Gasteiger partial charge < -0.3 is 10.1 Å². The van der Waals surface area contributed by atoms with Gasteiger partial charge in [0.05, 0.1) is 0 Å². The molecule has 1 aliphatic rings. The molecule has 94 valence electrons. The van der Waals surface area contributed by atoms with Crippen molar-refractivity contribution in [3.05, 3.63) is 24.3 Å². The van der Waals surface area contributed by atoms with Gasteiger partial charge in [0, 0.05) is 12.2 Å². The van der Waals surface area contributed by atoms with Gasteiger partial charge in [-0.05, 0) is 43.0 Å². The molecule has 0 heterocycles. The van der Waals surface area contributed by atoms with E-state index in [0.717, 1.165) is 12.2 Å². The Hall–Kier alpha value is -1.39. The molecule has 0 saturated heterocycles. The Labute approximate surface area is 97.8 Å². The number of nitrogens with one attached hydrogen (secondary N) is 1. The molecule has 0 unspecified atom stereocenters. The summed E-state index contributed by atoms with van der Waals surface area (Å²) in [4.78, 5) is 0. The van der Waals surface area contributed by atoms with Gasteiger partial charge in [-0.25, -0.2) is 0 Å². The predicted octanol–water partition coefficient (Wildman–Crippen LogP) is 3.80. The largest absolute Gasteiger partial charge is 0.573 e. The van der Waals surface area contributed by atoms with E-state index in [2.05, 4.69) is 10.1 Å². The Morgan fingerprint density at radius 3 is 2.29 bits per heavy atom. The van der Waals surface area contributed by atoms with Crippen molar-refractivity contribution >= 4 is 5.69 Å². The lowest BCUT2D eigenvalue weighted by atomic mass is 9.85. The van der Waals surface area contributed by atoms with E-state index < -0.39 is 6.36 Å². The first-order valence-electron chi connectivity index (χ1n) is 5.62. The fraction of sp³-hybridized carbons (Fsp3) is 0.500. The van der Waals surface area contributed by atoms with E-state index >= 15 is 0 Å². The summed E-state index contributed by atoms with van der Waals surface area (Å²) < 4.78 is 39.5. The number of hydrogen-bond donors (Lipinski definition) is 1. The molecule has 0 atom stereocenters. The van der Waals surface area contributed by atoms with Crippen molar-refractivity contribution in [3.8, 4) is 5.75 Å². The highest BCUT2D eigenvalue weighted by molar-refractivity contribution is 5.46. The number of rotatable bonds is 4. The second-order valence-corrected chi connectivity index (χ2v) is 4.25. The minimum absolute atomic E-state index is 0.188. The number of ether oxygens (including phenoxy) is 1. The fourth-order valence-corrected chi connectivity index (χ4v) is 1.73. The van der Waals surface area contributed by atoms with Crippen LogP contribution in [-0.2, 0) is 0 Å². The summed E-state index contributed by atoms with van der Waals surface area (Å²) in [6.45, 7) is 0.888. The lowest BCUT2D eigenvalue weighted by Gasteiger charge is -2.25. The Morgan fingerprint density at radius 2 is 1.82 bits per heavy atom. The van der Waals surface area contributed by atoms with Crippen molar-refractivity contribution in [2.75, 3.05) is 11.9 Å². The van der Waals surface area contributed by atoms with Crippen LogP contribution in [0.2, 0.25) is 0 Å². The zero-order valence-corrected chi connectivity index (χ0v) is 9.26. The van der Waals surface area contributed by atoms with E-state index in [1.54, 1.807) is 12.1 Å². The van der Waals surface area contributed by atoms with E-state index in [1.165, 1.54) is 31.4 Å². The third-order valence-electron chi connectivity index (χ3n) is 2.91. The summed E-state index contributed by atoms with van der Waals surface area (Å²) in [6, 6.07) is 5.83. The Bertz CT molecular complexity index is 357. The molecule has 1 aliphatic carbocycles. The molecule has 0 spiro atoms. The standard InChI is InChI=1S/C12H14F3NO/c13-12(14,15)17-11-6-4-10(5-7-11)16-8-9-2-1-3-9/h4-7,9,16H,1-3,8H2. The molecule has 1 fully saturated rings. The molecule has 1 N–H and O–H groups in total. The Morgan fingerprint density at radius 1 is 1.18 bits per heavy atom. The molecule has 0 aliphatic heterocycles. The first kappa shape index (κ1) is 12.1. The van der Waals surface area contributed by atoms with Crippen molar-refractivity contribution in [2.24, 2.45) is 5.92 Å². The van der Waals surface area contributed by atoms with Crippen LogP contribution in [0.4, 0.5) is 18.9 Å². The van der Waals surface area contributed by atoms with Crippen molar-refractivity contribution in [1.82, 2.24) is 0 Å². The number of benzene rings is 1. The number of anilines is 1. The second-order valence-electron chi connectivity index (χ2n) is 4.25. The molecule has 0 radical (unpaired) electrons. The number of halogens is 3. The lowest BCUT2D eigenvalue weighted by molar-refractivity contribution is -0.274. The Balaban J connectivity index is 1.84. The third kappa shape index (κ3) is 3.84. The van der Waals surface area contributed by atoms with Crippen LogP contribution in [0.1, 0.15) is 19.3 Å². The maximum atomic E-state index is 11.9. The SMILES string of the molecule is FC(F)(F)Oc1ccc(NCC2CCC2)cc1. The van der Waals surface area contributed by atoms with Crippen molar-refractivity contribution < 1.29 is 17.9 Å². The van der Waals surface area contributed by atoms with Crippen LogP contribution in [0.25, 0.3) is 0 Å². The average Bonchev–Trinajstić information content (AvgIpc) is 2.16. The monoisotopic (exact) mass is 245 g/mol. The molecule has 2 rings (SSSR count). The number of alkyl halides is 3. The van der Waals surface area contributed by atoms with Crippen molar-refractivity contribution in [2.45, 2.75) is 25.6 Å². The molecule has 1 aromatic rings. The quantitative estimate of drug-likeness (QED) is 0.871. The van der Waals surface area contributed by atoms with E-state index in [0.29, 0.717) is 5.92 Å². The average molecular weight is 245 g/mol. The summed E-state index contributed by atoms with van der Waals surface area (Å²) in [5.74, 6) is 0.521. The van der Waals surface area contributed by atoms with Crippen LogP contribution < -0.4 is 10.1 Å². The van der Waals surface area contributed by atoms with Crippen LogP contribution in [0.3, 0.4) is 0 Å². The Kier molecular flexibility index (Phi) is 3.45. The molecular weight excluding hydrogens is 231 g/mol. The van der Waals surface area contributed by atoms with E-state index in [4.69, 9.17) is 0 Å². The predicted molar refractivity (Wildman–Crippen MR) is 59.0 cm³/mol. The van der Waals surface area contributed by atoms with Crippen LogP contribution in [0.15, 0.2) is 24.3 Å². The third-order valence-corrected chi connectivity index (χ3v) is 2.91. The van der Waals surface area contributed by atoms with Gasteiger partial charge in [0.15, 0.2) is 0 Å². The molecular formula is C12H14F3NO. The maximum absolute atomic E-state index is 11.9. The second kappa shape index (κ2) is 4.85. The molecule has 1 aromatic carbocycles. The molecule has 2 nitrogen and oxygen atoms in total. The van der Waals surface area contributed by atoms with Crippen LogP contribution in [-0.4, -0.2) is 12.9 Å². The molecule has 5 heteroatoms. The molecule has 0 amide bonds. The first-order chi connectivity index (χ1) is 8.03. The van der Waals surface area contributed by atoms with Gasteiger partial charge in [0.1, 0.15) is 5.75 Å². The smallest absolute Gasteiger partial charge is 0.406 e. The van der Waals surface area contributed by atoms with Gasteiger partial charge in [0.25, 0.3) is 0 Å². The summed E-state index contributed by atoms with van der Waals surface area (Å²) >= 11 is 0. The minimum atomic E-state index is -4.62. The molecule has 0 aromatic heterocycles. The molecule has 1 saturated carbocycles. The summed E-state index contributed by atoms with van der Waals surface area (Å²) in [7, 11) is 0. The fourth-order valence-electron chi connectivity index (χ4n) is 1.73. The topological polar surface area (TPSA) is 21.3 Å². The van der Waals surface area contributed by atoms with Gasteiger partial charge in [-0.2, -0.15) is 0 Å². The molecule has 17 heavy (non-hydrogen) atoms.